The SMILES string of the molecule is O=C(c1ccc(-c2cccnc2)s1)N1CCc2c([nH]c3ccccc23)C1c1ccc2c(c1)OCO2. The van der Waals surface area contributed by atoms with Gasteiger partial charge in [-0.3, -0.25) is 9.78 Å². The highest BCUT2D eigenvalue weighted by Gasteiger charge is 2.36. The summed E-state index contributed by atoms with van der Waals surface area (Å²) in [6.45, 7) is 0.850. The van der Waals surface area contributed by atoms with Gasteiger partial charge in [-0.25, -0.2) is 0 Å². The Balaban J connectivity index is 1.33. The molecule has 0 bridgehead atoms. The maximum atomic E-state index is 13.9. The Labute approximate surface area is 205 Å². The van der Waals surface area contributed by atoms with Crippen molar-refractivity contribution in [3.63, 3.8) is 0 Å². The van der Waals surface area contributed by atoms with Gasteiger partial charge in [-0.15, -0.1) is 11.3 Å². The van der Waals surface area contributed by atoms with Gasteiger partial charge in [0.2, 0.25) is 6.79 Å². The molecule has 0 fully saturated rings. The van der Waals surface area contributed by atoms with Crippen molar-refractivity contribution in [2.45, 2.75) is 12.5 Å². The molecule has 3 aromatic heterocycles. The lowest BCUT2D eigenvalue weighted by Gasteiger charge is -2.36. The van der Waals surface area contributed by atoms with Gasteiger partial charge in [-0.05, 0) is 53.9 Å². The van der Waals surface area contributed by atoms with Crippen LogP contribution in [0.25, 0.3) is 21.3 Å². The Morgan fingerprint density at radius 3 is 2.86 bits per heavy atom. The van der Waals surface area contributed by atoms with Crippen molar-refractivity contribution < 1.29 is 14.3 Å². The third-order valence-electron chi connectivity index (χ3n) is 6.77. The van der Waals surface area contributed by atoms with E-state index in [0.717, 1.165) is 39.4 Å². The lowest BCUT2D eigenvalue weighted by atomic mass is 9.92. The van der Waals surface area contributed by atoms with Crippen molar-refractivity contribution >= 4 is 28.1 Å². The largest absolute Gasteiger partial charge is 0.454 e. The first-order valence-electron chi connectivity index (χ1n) is 11.6. The number of hydrogen-bond acceptors (Lipinski definition) is 5. The molecule has 6 nitrogen and oxygen atoms in total. The van der Waals surface area contributed by atoms with Crippen molar-refractivity contribution in [3.05, 3.63) is 101 Å². The number of amides is 1. The van der Waals surface area contributed by atoms with Gasteiger partial charge < -0.3 is 19.4 Å². The van der Waals surface area contributed by atoms with Gasteiger partial charge in [-0.1, -0.05) is 30.3 Å². The molecule has 35 heavy (non-hydrogen) atoms. The fourth-order valence-electron chi connectivity index (χ4n) is 5.15. The molecule has 5 aromatic rings. The quantitative estimate of drug-likeness (QED) is 0.355. The Hall–Kier alpha value is -4.10. The zero-order chi connectivity index (χ0) is 23.4. The summed E-state index contributed by atoms with van der Waals surface area (Å²) in [5.41, 5.74) is 5.44. The van der Waals surface area contributed by atoms with Gasteiger partial charge in [0.15, 0.2) is 11.5 Å². The van der Waals surface area contributed by atoms with E-state index in [-0.39, 0.29) is 18.7 Å². The predicted octanol–water partition coefficient (Wildman–Crippen LogP) is 5.81. The maximum absolute atomic E-state index is 13.9. The summed E-state index contributed by atoms with van der Waals surface area (Å²) in [5, 5.41) is 1.22. The molecule has 0 aliphatic carbocycles. The number of nitrogens with one attached hydrogen (secondary N) is 1. The molecule has 2 aliphatic heterocycles. The molecule has 172 valence electrons. The second-order valence-electron chi connectivity index (χ2n) is 8.73. The van der Waals surface area contributed by atoms with Crippen LogP contribution in [0.4, 0.5) is 0 Å². The van der Waals surface area contributed by atoms with E-state index in [4.69, 9.17) is 9.47 Å². The molecule has 1 unspecified atom stereocenters. The molecule has 5 heterocycles. The Kier molecular flexibility index (Phi) is 4.63. The number of nitrogens with zero attached hydrogens (tertiary/aromatic N) is 2. The zero-order valence-electron chi connectivity index (χ0n) is 18.7. The van der Waals surface area contributed by atoms with Crippen LogP contribution < -0.4 is 9.47 Å². The molecular formula is C28H21N3O3S. The lowest BCUT2D eigenvalue weighted by molar-refractivity contribution is 0.0697. The Morgan fingerprint density at radius 1 is 1.03 bits per heavy atom. The number of carbonyl (C=O) groups is 1. The van der Waals surface area contributed by atoms with Crippen LogP contribution in [0.2, 0.25) is 0 Å². The summed E-state index contributed by atoms with van der Waals surface area (Å²) in [5.74, 6) is 1.48. The molecule has 2 aromatic carbocycles. The molecule has 0 radical (unpaired) electrons. The average Bonchev–Trinajstić information content (AvgIpc) is 3.66. The second-order valence-corrected chi connectivity index (χ2v) is 9.82. The highest BCUT2D eigenvalue weighted by molar-refractivity contribution is 7.17. The van der Waals surface area contributed by atoms with E-state index in [2.05, 4.69) is 28.2 Å². The minimum atomic E-state index is -0.253. The molecule has 1 N–H and O–H groups in total. The van der Waals surface area contributed by atoms with Crippen LogP contribution >= 0.6 is 11.3 Å². The number of benzene rings is 2. The van der Waals surface area contributed by atoms with E-state index in [9.17, 15) is 4.79 Å². The van der Waals surface area contributed by atoms with Crippen LogP contribution in [0.3, 0.4) is 0 Å². The molecule has 7 rings (SSSR count). The summed E-state index contributed by atoms with van der Waals surface area (Å²) in [4.78, 5) is 25.5. The summed E-state index contributed by atoms with van der Waals surface area (Å²) in [6, 6.07) is 21.9. The molecule has 1 atom stereocenters. The predicted molar refractivity (Wildman–Crippen MR) is 135 cm³/mol. The molecule has 2 aliphatic rings. The average molecular weight is 480 g/mol. The summed E-state index contributed by atoms with van der Waals surface area (Å²) in [6.07, 6.45) is 4.38. The fraction of sp³-hybridized carbons (Fsp3) is 0.143. The van der Waals surface area contributed by atoms with Gasteiger partial charge in [-0.2, -0.15) is 0 Å². The van der Waals surface area contributed by atoms with E-state index in [1.54, 1.807) is 6.20 Å². The van der Waals surface area contributed by atoms with E-state index in [0.29, 0.717) is 17.2 Å². The third-order valence-corrected chi connectivity index (χ3v) is 7.89. The van der Waals surface area contributed by atoms with E-state index in [1.165, 1.54) is 22.3 Å². The number of ether oxygens (including phenoxy) is 2. The topological polar surface area (TPSA) is 67.5 Å². The van der Waals surface area contributed by atoms with Crippen molar-refractivity contribution in [1.82, 2.24) is 14.9 Å². The van der Waals surface area contributed by atoms with Gasteiger partial charge >= 0.3 is 0 Å². The summed E-state index contributed by atoms with van der Waals surface area (Å²) < 4.78 is 11.2. The number of carbonyl (C=O) groups excluding carboxylic acids is 1. The fourth-order valence-corrected chi connectivity index (χ4v) is 6.10. The monoisotopic (exact) mass is 479 g/mol. The Bertz CT molecular complexity index is 1570. The number of H-pyrrole nitrogens is 1. The van der Waals surface area contributed by atoms with Crippen LogP contribution in [-0.2, 0) is 6.42 Å². The zero-order valence-corrected chi connectivity index (χ0v) is 19.5. The third kappa shape index (κ3) is 3.31. The number of fused-ring (bicyclic) bond motifs is 4. The van der Waals surface area contributed by atoms with E-state index in [1.807, 2.05) is 59.6 Å². The van der Waals surface area contributed by atoms with Crippen molar-refractivity contribution in [2.24, 2.45) is 0 Å². The van der Waals surface area contributed by atoms with Crippen LogP contribution in [-0.4, -0.2) is 34.1 Å². The normalized spacial score (nSPS) is 16.5. The minimum absolute atomic E-state index is 0.0251. The summed E-state index contributed by atoms with van der Waals surface area (Å²) >= 11 is 1.51. The maximum Gasteiger partial charge on any atom is 0.264 e. The minimum Gasteiger partial charge on any atom is -0.454 e. The number of para-hydroxylation sites is 1. The standard InChI is InChI=1S/C28H21N3O3S/c32-28(25-10-9-24(35-25)18-4-3-12-29-15-18)31-13-11-20-19-5-1-2-6-21(19)30-26(20)27(31)17-7-8-22-23(14-17)34-16-33-22/h1-10,12,14-15,27,30H,11,13,16H2. The van der Waals surface area contributed by atoms with Crippen LogP contribution in [0.15, 0.2) is 79.1 Å². The number of aromatic amines is 1. The van der Waals surface area contributed by atoms with Crippen LogP contribution in [0.1, 0.15) is 32.5 Å². The molecule has 0 saturated carbocycles. The number of rotatable bonds is 3. The van der Waals surface area contributed by atoms with Crippen molar-refractivity contribution in [3.8, 4) is 21.9 Å². The smallest absolute Gasteiger partial charge is 0.264 e. The van der Waals surface area contributed by atoms with Crippen LogP contribution in [0, 0.1) is 0 Å². The highest BCUT2D eigenvalue weighted by Crippen LogP contribution is 2.43. The van der Waals surface area contributed by atoms with Gasteiger partial charge in [0, 0.05) is 46.0 Å². The first kappa shape index (κ1) is 20.3. The van der Waals surface area contributed by atoms with E-state index >= 15 is 0 Å². The first-order valence-corrected chi connectivity index (χ1v) is 12.4. The molecular weight excluding hydrogens is 458 g/mol. The second kappa shape index (κ2) is 7.99. The highest BCUT2D eigenvalue weighted by atomic mass is 32.1. The Morgan fingerprint density at radius 2 is 1.94 bits per heavy atom. The van der Waals surface area contributed by atoms with Gasteiger partial charge in [0.25, 0.3) is 5.91 Å². The van der Waals surface area contributed by atoms with E-state index < -0.39 is 0 Å². The summed E-state index contributed by atoms with van der Waals surface area (Å²) in [7, 11) is 0. The van der Waals surface area contributed by atoms with Gasteiger partial charge in [0.05, 0.1) is 10.9 Å². The van der Waals surface area contributed by atoms with Crippen LogP contribution in [0.5, 0.6) is 11.5 Å². The number of hydrogen-bond donors (Lipinski definition) is 1. The van der Waals surface area contributed by atoms with Gasteiger partial charge in [0.1, 0.15) is 0 Å². The number of thiophene rings is 1. The molecule has 0 spiro atoms. The molecule has 1 amide bonds. The van der Waals surface area contributed by atoms with Crippen molar-refractivity contribution in [1.29, 1.82) is 0 Å². The van der Waals surface area contributed by atoms with Crippen molar-refractivity contribution in [2.75, 3.05) is 13.3 Å². The lowest BCUT2D eigenvalue weighted by Crippen LogP contribution is -2.40. The first-order chi connectivity index (χ1) is 17.3. The number of pyridine rings is 1. The molecule has 7 heteroatoms. The molecule has 0 saturated heterocycles. The number of aromatic nitrogens is 2.